The Bertz CT molecular complexity index is 322. The first-order valence-corrected chi connectivity index (χ1v) is 6.61. The number of rotatable bonds is 6. The molecular formula is C13H24N2O3. The van der Waals surface area contributed by atoms with Gasteiger partial charge in [-0.25, -0.2) is 4.79 Å². The second-order valence-corrected chi connectivity index (χ2v) is 5.92. The Morgan fingerprint density at radius 3 is 2.33 bits per heavy atom. The summed E-state index contributed by atoms with van der Waals surface area (Å²) in [6.45, 7) is 6.01. The molecule has 0 spiro atoms. The molecule has 0 saturated heterocycles. The quantitative estimate of drug-likeness (QED) is 0.682. The Morgan fingerprint density at radius 2 is 1.94 bits per heavy atom. The molecule has 0 aromatic heterocycles. The number of nitrogens with one attached hydrogen (secondary N) is 2. The van der Waals surface area contributed by atoms with E-state index in [0.29, 0.717) is 0 Å². The first-order valence-electron chi connectivity index (χ1n) is 6.61. The van der Waals surface area contributed by atoms with Crippen molar-refractivity contribution in [3.63, 3.8) is 0 Å². The number of hydrogen-bond donors (Lipinski definition) is 3. The van der Waals surface area contributed by atoms with Crippen LogP contribution in [0.5, 0.6) is 0 Å². The van der Waals surface area contributed by atoms with Crippen LogP contribution >= 0.6 is 0 Å². The zero-order valence-corrected chi connectivity index (χ0v) is 11.5. The minimum absolute atomic E-state index is 0.00856. The van der Waals surface area contributed by atoms with Crippen LogP contribution in [0.1, 0.15) is 59.3 Å². The third-order valence-corrected chi connectivity index (χ3v) is 3.51. The van der Waals surface area contributed by atoms with Gasteiger partial charge in [-0.15, -0.1) is 0 Å². The Balaban J connectivity index is 2.50. The van der Waals surface area contributed by atoms with Gasteiger partial charge in [-0.05, 0) is 39.5 Å². The summed E-state index contributed by atoms with van der Waals surface area (Å²) >= 11 is 0. The van der Waals surface area contributed by atoms with E-state index in [1.165, 1.54) is 0 Å². The monoisotopic (exact) mass is 256 g/mol. The van der Waals surface area contributed by atoms with Crippen LogP contribution in [0.15, 0.2) is 0 Å². The molecule has 0 aliphatic heterocycles. The van der Waals surface area contributed by atoms with E-state index in [9.17, 15) is 9.59 Å². The van der Waals surface area contributed by atoms with Crippen molar-refractivity contribution in [2.45, 2.75) is 70.4 Å². The van der Waals surface area contributed by atoms with Crippen LogP contribution in [0.2, 0.25) is 0 Å². The van der Waals surface area contributed by atoms with Gasteiger partial charge in [-0.3, -0.25) is 4.79 Å². The van der Waals surface area contributed by atoms with Gasteiger partial charge in [-0.1, -0.05) is 13.3 Å². The number of amides is 2. The first-order chi connectivity index (χ1) is 8.29. The molecule has 1 fully saturated rings. The Kier molecular flexibility index (Phi) is 4.59. The molecule has 5 heteroatoms. The van der Waals surface area contributed by atoms with Crippen molar-refractivity contribution in [1.82, 2.24) is 10.6 Å². The summed E-state index contributed by atoms with van der Waals surface area (Å²) in [5.74, 6) is -0.859. The molecule has 1 aliphatic carbocycles. The predicted molar refractivity (Wildman–Crippen MR) is 69.5 cm³/mol. The highest BCUT2D eigenvalue weighted by Crippen LogP contribution is 2.34. The fourth-order valence-electron chi connectivity index (χ4n) is 2.51. The van der Waals surface area contributed by atoms with Gasteiger partial charge in [0, 0.05) is 5.54 Å². The number of carboxylic acids is 1. The van der Waals surface area contributed by atoms with Gasteiger partial charge in [0.15, 0.2) is 0 Å². The summed E-state index contributed by atoms with van der Waals surface area (Å²) in [6.07, 6.45) is 4.38. The number of carbonyl (C=O) groups is 2. The fraction of sp³-hybridized carbons (Fsp3) is 0.846. The highest BCUT2D eigenvalue weighted by molar-refractivity contribution is 5.77. The van der Waals surface area contributed by atoms with Crippen molar-refractivity contribution < 1.29 is 14.7 Å². The molecule has 0 aromatic carbocycles. The van der Waals surface area contributed by atoms with Crippen LogP contribution < -0.4 is 10.6 Å². The zero-order chi connectivity index (χ0) is 13.8. The molecular weight excluding hydrogens is 232 g/mol. The largest absolute Gasteiger partial charge is 0.481 e. The summed E-state index contributed by atoms with van der Waals surface area (Å²) in [5, 5.41) is 14.6. The maximum absolute atomic E-state index is 11.9. The molecule has 18 heavy (non-hydrogen) atoms. The molecule has 0 unspecified atom stereocenters. The average Bonchev–Trinajstić information content (AvgIpc) is 2.11. The lowest BCUT2D eigenvalue weighted by Crippen LogP contribution is -2.60. The minimum atomic E-state index is -0.859. The van der Waals surface area contributed by atoms with Crippen LogP contribution in [0.3, 0.4) is 0 Å². The summed E-state index contributed by atoms with van der Waals surface area (Å²) in [7, 11) is 0. The van der Waals surface area contributed by atoms with Crippen LogP contribution in [-0.2, 0) is 4.79 Å². The summed E-state index contributed by atoms with van der Waals surface area (Å²) in [4.78, 5) is 22.7. The van der Waals surface area contributed by atoms with Crippen molar-refractivity contribution in [2.24, 2.45) is 0 Å². The van der Waals surface area contributed by atoms with E-state index in [1.54, 1.807) is 0 Å². The number of hydrogen-bond acceptors (Lipinski definition) is 2. The zero-order valence-electron chi connectivity index (χ0n) is 11.5. The summed E-state index contributed by atoms with van der Waals surface area (Å²) in [5.41, 5.74) is -0.787. The van der Waals surface area contributed by atoms with Crippen LogP contribution in [-0.4, -0.2) is 28.2 Å². The van der Waals surface area contributed by atoms with Crippen molar-refractivity contribution in [2.75, 3.05) is 0 Å². The van der Waals surface area contributed by atoms with Crippen molar-refractivity contribution in [1.29, 1.82) is 0 Å². The molecule has 1 saturated carbocycles. The van der Waals surface area contributed by atoms with Crippen molar-refractivity contribution in [3.8, 4) is 0 Å². The van der Waals surface area contributed by atoms with Gasteiger partial charge in [0.05, 0.1) is 12.0 Å². The van der Waals surface area contributed by atoms with E-state index in [0.717, 1.165) is 32.1 Å². The lowest BCUT2D eigenvalue weighted by molar-refractivity contribution is -0.139. The normalized spacial score (nSPS) is 17.7. The SMILES string of the molecule is CCCC(C)(C)NC(=O)NC1(CC(=O)O)CCC1. The maximum atomic E-state index is 11.9. The fourth-order valence-corrected chi connectivity index (χ4v) is 2.51. The highest BCUT2D eigenvalue weighted by Gasteiger charge is 2.40. The highest BCUT2D eigenvalue weighted by atomic mass is 16.4. The molecule has 0 atom stereocenters. The maximum Gasteiger partial charge on any atom is 0.315 e. The first kappa shape index (κ1) is 14.8. The van der Waals surface area contributed by atoms with E-state index in [1.807, 2.05) is 13.8 Å². The second kappa shape index (κ2) is 5.59. The van der Waals surface area contributed by atoms with E-state index < -0.39 is 11.5 Å². The van der Waals surface area contributed by atoms with Gasteiger partial charge in [0.25, 0.3) is 0 Å². The van der Waals surface area contributed by atoms with E-state index >= 15 is 0 Å². The molecule has 1 rings (SSSR count). The summed E-state index contributed by atoms with van der Waals surface area (Å²) < 4.78 is 0. The van der Waals surface area contributed by atoms with Crippen molar-refractivity contribution >= 4 is 12.0 Å². The molecule has 0 aromatic rings. The Morgan fingerprint density at radius 1 is 1.33 bits per heavy atom. The lowest BCUT2D eigenvalue weighted by atomic mass is 9.74. The van der Waals surface area contributed by atoms with Crippen molar-refractivity contribution in [3.05, 3.63) is 0 Å². The van der Waals surface area contributed by atoms with Crippen LogP contribution in [0.25, 0.3) is 0 Å². The number of aliphatic carboxylic acids is 1. The predicted octanol–water partition coefficient (Wildman–Crippen LogP) is 2.26. The van der Waals surface area contributed by atoms with Gasteiger partial charge >= 0.3 is 12.0 Å². The molecule has 104 valence electrons. The molecule has 3 N–H and O–H groups in total. The molecule has 2 amide bonds. The Labute approximate surface area is 108 Å². The molecule has 1 aliphatic rings. The van der Waals surface area contributed by atoms with Crippen LogP contribution in [0.4, 0.5) is 4.79 Å². The number of carboxylic acid groups (broad SMARTS) is 1. The molecule has 0 radical (unpaired) electrons. The van der Waals surface area contributed by atoms with E-state index in [2.05, 4.69) is 17.6 Å². The van der Waals surface area contributed by atoms with Gasteiger partial charge in [0.1, 0.15) is 0 Å². The number of carbonyl (C=O) groups excluding carboxylic acids is 1. The van der Waals surface area contributed by atoms with E-state index in [4.69, 9.17) is 5.11 Å². The average molecular weight is 256 g/mol. The summed E-state index contributed by atoms with van der Waals surface area (Å²) in [6, 6.07) is -0.255. The number of urea groups is 1. The minimum Gasteiger partial charge on any atom is -0.481 e. The van der Waals surface area contributed by atoms with Gasteiger partial charge in [-0.2, -0.15) is 0 Å². The molecule has 0 bridgehead atoms. The molecule has 0 heterocycles. The van der Waals surface area contributed by atoms with E-state index in [-0.39, 0.29) is 18.0 Å². The van der Waals surface area contributed by atoms with Gasteiger partial charge in [0.2, 0.25) is 0 Å². The molecule has 5 nitrogen and oxygen atoms in total. The van der Waals surface area contributed by atoms with Gasteiger partial charge < -0.3 is 15.7 Å². The lowest BCUT2D eigenvalue weighted by Gasteiger charge is -2.42. The van der Waals surface area contributed by atoms with Crippen LogP contribution in [0, 0.1) is 0 Å². The third-order valence-electron chi connectivity index (χ3n) is 3.51. The third kappa shape index (κ3) is 4.20. The topological polar surface area (TPSA) is 78.4 Å². The standard InChI is InChI=1S/C13H24N2O3/c1-4-6-12(2,3)14-11(18)15-13(7-5-8-13)9-10(16)17/h4-9H2,1-3H3,(H,16,17)(H2,14,15,18). The second-order valence-electron chi connectivity index (χ2n) is 5.92. The smallest absolute Gasteiger partial charge is 0.315 e. The Hall–Kier alpha value is -1.26.